The highest BCUT2D eigenvalue weighted by molar-refractivity contribution is 6.42. The first kappa shape index (κ1) is 12.9. The summed E-state index contributed by atoms with van der Waals surface area (Å²) in [5, 5.41) is 3.68. The molecule has 3 rings (SSSR count). The second-order valence-electron chi connectivity index (χ2n) is 4.32. The number of halogens is 3. The molecule has 2 aromatic carbocycles. The lowest BCUT2D eigenvalue weighted by atomic mass is 10.1. The van der Waals surface area contributed by atoms with Gasteiger partial charge in [0.2, 0.25) is 0 Å². The zero-order valence-electron chi connectivity index (χ0n) is 10.3. The van der Waals surface area contributed by atoms with Crippen LogP contribution >= 0.6 is 34.8 Å². The number of aryl methyl sites for hydroxylation is 1. The molecule has 0 N–H and O–H groups in total. The molecule has 0 saturated heterocycles. The van der Waals surface area contributed by atoms with Crippen LogP contribution in [0.5, 0.6) is 5.75 Å². The Kier molecular flexibility index (Phi) is 3.05. The third kappa shape index (κ3) is 1.78. The van der Waals surface area contributed by atoms with E-state index in [0.717, 1.165) is 21.8 Å². The highest BCUT2D eigenvalue weighted by Crippen LogP contribution is 2.43. The molecular weight excluding hydrogens is 305 g/mol. The van der Waals surface area contributed by atoms with Gasteiger partial charge in [-0.15, -0.1) is 0 Å². The van der Waals surface area contributed by atoms with Crippen LogP contribution in [0.4, 0.5) is 0 Å². The SMILES string of the molecule is COc1c(Cl)cc2c3cc(Cl)ccc3n(C)c2c1Cl. The molecule has 5 heteroatoms. The molecule has 0 amide bonds. The average Bonchev–Trinajstić information content (AvgIpc) is 2.63. The van der Waals surface area contributed by atoms with Crippen LogP contribution in [0.15, 0.2) is 24.3 Å². The molecule has 19 heavy (non-hydrogen) atoms. The van der Waals surface area contributed by atoms with Gasteiger partial charge >= 0.3 is 0 Å². The third-order valence-electron chi connectivity index (χ3n) is 3.30. The number of hydrogen-bond acceptors (Lipinski definition) is 1. The number of rotatable bonds is 1. The quantitative estimate of drug-likeness (QED) is 0.594. The predicted octanol–water partition coefficient (Wildman–Crippen LogP) is 5.30. The van der Waals surface area contributed by atoms with E-state index in [2.05, 4.69) is 0 Å². The summed E-state index contributed by atoms with van der Waals surface area (Å²) in [7, 11) is 3.51. The van der Waals surface area contributed by atoms with Crippen LogP contribution in [0.2, 0.25) is 15.1 Å². The van der Waals surface area contributed by atoms with Gasteiger partial charge in [-0.2, -0.15) is 0 Å². The van der Waals surface area contributed by atoms with Gasteiger partial charge in [-0.05, 0) is 24.3 Å². The number of benzene rings is 2. The molecule has 0 saturated carbocycles. The maximum atomic E-state index is 6.40. The zero-order chi connectivity index (χ0) is 13.7. The summed E-state index contributed by atoms with van der Waals surface area (Å²) in [6.45, 7) is 0. The van der Waals surface area contributed by atoms with E-state index in [0.29, 0.717) is 20.8 Å². The van der Waals surface area contributed by atoms with Gasteiger partial charge in [0, 0.05) is 28.4 Å². The van der Waals surface area contributed by atoms with Crippen LogP contribution < -0.4 is 4.74 Å². The maximum absolute atomic E-state index is 6.40. The summed E-state index contributed by atoms with van der Waals surface area (Å²) < 4.78 is 7.27. The fourth-order valence-electron chi connectivity index (χ4n) is 2.45. The summed E-state index contributed by atoms with van der Waals surface area (Å²) in [5.74, 6) is 0.493. The highest BCUT2D eigenvalue weighted by Gasteiger charge is 2.17. The van der Waals surface area contributed by atoms with Crippen LogP contribution in [0.1, 0.15) is 0 Å². The molecule has 0 aliphatic rings. The Morgan fingerprint density at radius 3 is 2.47 bits per heavy atom. The number of nitrogens with zero attached hydrogens (tertiary/aromatic N) is 1. The second-order valence-corrected chi connectivity index (χ2v) is 5.54. The van der Waals surface area contributed by atoms with Crippen LogP contribution in [-0.2, 0) is 7.05 Å². The van der Waals surface area contributed by atoms with Crippen molar-refractivity contribution in [2.24, 2.45) is 7.05 Å². The second kappa shape index (κ2) is 4.48. The Hall–Kier alpha value is -1.09. The van der Waals surface area contributed by atoms with Crippen molar-refractivity contribution in [1.82, 2.24) is 4.57 Å². The first-order chi connectivity index (χ1) is 9.04. The van der Waals surface area contributed by atoms with E-state index >= 15 is 0 Å². The number of fused-ring (bicyclic) bond motifs is 3. The summed E-state index contributed by atoms with van der Waals surface area (Å²) in [5.41, 5.74) is 1.94. The average molecular weight is 315 g/mol. The minimum Gasteiger partial charge on any atom is -0.494 e. The molecule has 0 fully saturated rings. The van der Waals surface area contributed by atoms with Gasteiger partial charge in [-0.25, -0.2) is 0 Å². The van der Waals surface area contributed by atoms with E-state index in [9.17, 15) is 0 Å². The lowest BCUT2D eigenvalue weighted by Gasteiger charge is -2.08. The number of hydrogen-bond donors (Lipinski definition) is 0. The normalized spacial score (nSPS) is 11.4. The topological polar surface area (TPSA) is 14.2 Å². The molecular formula is C14H10Cl3NO. The molecule has 0 atom stereocenters. The lowest BCUT2D eigenvalue weighted by Crippen LogP contribution is -1.91. The van der Waals surface area contributed by atoms with E-state index in [1.807, 2.05) is 35.9 Å². The van der Waals surface area contributed by atoms with Crippen LogP contribution in [0.3, 0.4) is 0 Å². The molecule has 1 aromatic heterocycles. The van der Waals surface area contributed by atoms with Gasteiger partial charge in [-0.1, -0.05) is 34.8 Å². The molecule has 1 heterocycles. The molecule has 0 unspecified atom stereocenters. The largest absolute Gasteiger partial charge is 0.494 e. The summed E-state index contributed by atoms with van der Waals surface area (Å²) in [6, 6.07) is 7.60. The summed E-state index contributed by atoms with van der Waals surface area (Å²) in [6.07, 6.45) is 0. The summed E-state index contributed by atoms with van der Waals surface area (Å²) in [4.78, 5) is 0. The highest BCUT2D eigenvalue weighted by atomic mass is 35.5. The molecule has 2 nitrogen and oxygen atoms in total. The van der Waals surface area contributed by atoms with Gasteiger partial charge in [-0.3, -0.25) is 0 Å². The Bertz CT molecular complexity index is 808. The van der Waals surface area contributed by atoms with Crippen LogP contribution in [0, 0.1) is 0 Å². The van der Waals surface area contributed by atoms with Crippen molar-refractivity contribution in [2.45, 2.75) is 0 Å². The molecule has 0 spiro atoms. The fraction of sp³-hybridized carbons (Fsp3) is 0.143. The molecule has 3 aromatic rings. The molecule has 0 aliphatic carbocycles. The Morgan fingerprint density at radius 2 is 1.79 bits per heavy atom. The predicted molar refractivity (Wildman–Crippen MR) is 82.0 cm³/mol. The standard InChI is InChI=1S/C14H10Cl3NO/c1-18-11-4-3-7(15)5-8(11)9-6-10(16)14(19-2)12(17)13(9)18/h3-6H,1-2H3. The van der Waals surface area contributed by atoms with Crippen LogP contribution in [-0.4, -0.2) is 11.7 Å². The fourth-order valence-corrected chi connectivity index (χ4v) is 3.36. The van der Waals surface area contributed by atoms with Crippen molar-refractivity contribution < 1.29 is 4.74 Å². The van der Waals surface area contributed by atoms with E-state index in [4.69, 9.17) is 39.5 Å². The molecule has 98 valence electrons. The van der Waals surface area contributed by atoms with Gasteiger partial charge in [0.1, 0.15) is 5.02 Å². The lowest BCUT2D eigenvalue weighted by molar-refractivity contribution is 0.415. The van der Waals surface area contributed by atoms with Crippen molar-refractivity contribution in [1.29, 1.82) is 0 Å². The van der Waals surface area contributed by atoms with E-state index < -0.39 is 0 Å². The molecule has 0 radical (unpaired) electrons. The van der Waals surface area contributed by atoms with Crippen molar-refractivity contribution in [2.75, 3.05) is 7.11 Å². The minimum atomic E-state index is 0.493. The first-order valence-corrected chi connectivity index (χ1v) is 6.77. The Labute approximate surface area is 125 Å². The number of methoxy groups -OCH3 is 1. The number of ether oxygens (including phenoxy) is 1. The Balaban J connectivity index is 2.59. The molecule has 0 bridgehead atoms. The van der Waals surface area contributed by atoms with E-state index in [-0.39, 0.29) is 0 Å². The van der Waals surface area contributed by atoms with Gasteiger partial charge in [0.25, 0.3) is 0 Å². The van der Waals surface area contributed by atoms with Crippen molar-refractivity contribution in [3.8, 4) is 5.75 Å². The third-order valence-corrected chi connectivity index (χ3v) is 4.17. The zero-order valence-corrected chi connectivity index (χ0v) is 12.6. The van der Waals surface area contributed by atoms with Crippen LogP contribution in [0.25, 0.3) is 21.8 Å². The first-order valence-electron chi connectivity index (χ1n) is 5.64. The van der Waals surface area contributed by atoms with Crippen molar-refractivity contribution >= 4 is 56.6 Å². The van der Waals surface area contributed by atoms with E-state index in [1.165, 1.54) is 0 Å². The maximum Gasteiger partial charge on any atom is 0.158 e. The van der Waals surface area contributed by atoms with E-state index in [1.54, 1.807) is 7.11 Å². The molecule has 0 aliphatic heterocycles. The van der Waals surface area contributed by atoms with Gasteiger partial charge in [0.05, 0.1) is 17.6 Å². The summed E-state index contributed by atoms with van der Waals surface area (Å²) >= 11 is 18.7. The van der Waals surface area contributed by atoms with Gasteiger partial charge in [0.15, 0.2) is 5.75 Å². The smallest absolute Gasteiger partial charge is 0.158 e. The Morgan fingerprint density at radius 1 is 1.05 bits per heavy atom. The number of aromatic nitrogens is 1. The monoisotopic (exact) mass is 313 g/mol. The van der Waals surface area contributed by atoms with Crippen molar-refractivity contribution in [3.05, 3.63) is 39.3 Å². The van der Waals surface area contributed by atoms with Crippen molar-refractivity contribution in [3.63, 3.8) is 0 Å². The van der Waals surface area contributed by atoms with Gasteiger partial charge < -0.3 is 9.30 Å². The minimum absolute atomic E-state index is 0.493.